The van der Waals surface area contributed by atoms with Gasteiger partial charge in [0.05, 0.1) is 98.1 Å². The third-order valence-corrected chi connectivity index (χ3v) is 18.6. The fourth-order valence-electron chi connectivity index (χ4n) is 11.8. The van der Waals surface area contributed by atoms with E-state index in [4.69, 9.17) is 71.4 Å². The van der Waals surface area contributed by atoms with Crippen LogP contribution in [0.5, 0.6) is 0 Å². The summed E-state index contributed by atoms with van der Waals surface area (Å²) in [4.78, 5) is 121. The molecule has 3 heterocycles. The van der Waals surface area contributed by atoms with Gasteiger partial charge in [-0.25, -0.2) is 4.68 Å². The standard InChI is InChI=1S/C79H133N3O32/c83-44-21-1-11-33-62(86)101-45-22-2-12-34-63(87)102-46-23-3-13-35-64(88)103-47-24-4-14-36-65(89)104-48-25-5-15-37-66(90)105-49-26-6-16-38-67(91)106-50-27-7-17-39-68(92)107-51-28-8-18-40-69(93)108-52-29-9-19-41-70(94)109-53-30-10-20-42-71(95)110-54-31-32-59-56-82(81-80-59)43-55-111-78-76(100)74(98)77(61(58-85)113-78)114-79-75(99)73(97)72(96)60(57-84)112-79/h56,60-61,72-79,83-85,96-100H,1-55,57-58H2/t60-,61-,72-,73+,74-,75-,76-,77-,78-,79-/m1/s1. The van der Waals surface area contributed by atoms with E-state index < -0.39 is 74.6 Å². The Morgan fingerprint density at radius 2 is 0.579 bits per heavy atom. The van der Waals surface area contributed by atoms with Crippen LogP contribution < -0.4 is 0 Å². The molecule has 1 aromatic heterocycles. The molecule has 0 unspecified atom stereocenters. The van der Waals surface area contributed by atoms with Gasteiger partial charge >= 0.3 is 59.7 Å². The number of aryl methyl sites for hydroxylation is 1. The summed E-state index contributed by atoms with van der Waals surface area (Å²) >= 11 is 0. The Kier molecular flexibility index (Phi) is 59.1. The summed E-state index contributed by atoms with van der Waals surface area (Å²) in [5.41, 5.74) is 0.625. The van der Waals surface area contributed by atoms with Crippen LogP contribution in [-0.4, -0.2) is 269 Å². The summed E-state index contributed by atoms with van der Waals surface area (Å²) in [6, 6.07) is 0. The van der Waals surface area contributed by atoms with Crippen molar-refractivity contribution in [1.82, 2.24) is 15.0 Å². The van der Waals surface area contributed by atoms with E-state index in [1.165, 1.54) is 4.68 Å². The Morgan fingerprint density at radius 3 is 0.868 bits per heavy atom. The smallest absolute Gasteiger partial charge is 0.305 e. The number of rotatable bonds is 71. The summed E-state index contributed by atoms with van der Waals surface area (Å²) in [5.74, 6) is -2.93. The molecular weight excluding hydrogens is 1500 g/mol. The highest BCUT2D eigenvalue weighted by Gasteiger charge is 2.51. The zero-order valence-corrected chi connectivity index (χ0v) is 66.9. The molecule has 0 radical (unpaired) electrons. The second kappa shape index (κ2) is 66.4. The second-order valence-electron chi connectivity index (χ2n) is 28.5. The molecule has 10 atom stereocenters. The summed E-state index contributed by atoms with van der Waals surface area (Å²) in [5, 5.41) is 88.3. The van der Waals surface area contributed by atoms with Crippen LogP contribution in [0, 0.1) is 0 Å². The first-order valence-electron chi connectivity index (χ1n) is 41.5. The first kappa shape index (κ1) is 102. The molecule has 2 aliphatic rings. The van der Waals surface area contributed by atoms with Gasteiger partial charge in [0.25, 0.3) is 0 Å². The van der Waals surface area contributed by atoms with Crippen LogP contribution in [0.3, 0.4) is 0 Å². The summed E-state index contributed by atoms with van der Waals surface area (Å²) < 4.78 is 76.5. The summed E-state index contributed by atoms with van der Waals surface area (Å²) in [6.45, 7) is 1.46. The van der Waals surface area contributed by atoms with Gasteiger partial charge < -0.3 is 107 Å². The number of aliphatic hydroxyl groups excluding tert-OH is 8. The Balaban J connectivity index is 0.982. The highest BCUT2D eigenvalue weighted by molar-refractivity contribution is 5.72. The predicted octanol–water partition coefficient (Wildman–Crippen LogP) is 5.88. The topological polar surface area (TPSA) is 492 Å². The second-order valence-corrected chi connectivity index (χ2v) is 28.5. The number of hydrogen-bond acceptors (Lipinski definition) is 34. The van der Waals surface area contributed by atoms with Crippen molar-refractivity contribution in [2.75, 3.05) is 92.5 Å². The Bertz CT molecular complexity index is 2760. The van der Waals surface area contributed by atoms with E-state index >= 15 is 0 Å². The van der Waals surface area contributed by atoms with Crippen LogP contribution in [0.4, 0.5) is 0 Å². The number of ether oxygens (including phenoxy) is 14. The van der Waals surface area contributed by atoms with E-state index in [1.807, 2.05) is 0 Å². The van der Waals surface area contributed by atoms with Crippen molar-refractivity contribution < 1.29 is 155 Å². The van der Waals surface area contributed by atoms with Crippen LogP contribution in [0.2, 0.25) is 0 Å². The fraction of sp³-hybridized carbons (Fsp3) is 0.848. The van der Waals surface area contributed by atoms with Gasteiger partial charge in [0.1, 0.15) is 48.8 Å². The van der Waals surface area contributed by atoms with Gasteiger partial charge in [-0.15, -0.1) is 5.10 Å². The molecule has 0 bridgehead atoms. The van der Waals surface area contributed by atoms with Crippen LogP contribution >= 0.6 is 0 Å². The number of unbranched alkanes of at least 4 members (excludes halogenated alkanes) is 20. The molecule has 2 fully saturated rings. The molecule has 2 aliphatic heterocycles. The largest absolute Gasteiger partial charge is 0.466 e. The minimum atomic E-state index is -1.79. The molecule has 0 aliphatic carbocycles. The summed E-state index contributed by atoms with van der Waals surface area (Å²) in [7, 11) is 0. The van der Waals surface area contributed by atoms with Crippen LogP contribution in [0.25, 0.3) is 0 Å². The molecule has 35 heteroatoms. The SMILES string of the molecule is O=C(CCCCCO)OCCCCCC(=O)OCCCCCC(=O)OCCCCCC(=O)OCCCCCC(=O)OCCCCCC(=O)OCCCCCC(=O)OCCCCCC(=O)OCCCCCC(=O)OCCCCCC(=O)OCCCc1cn(CCO[C@@H]2O[C@H](CO)[C@@H](O[C@H]3O[C@H](CO)[C@@H](O)[C@H](O)[C@H]3O)[C@H](O)[C@H]2O)nn1. The van der Waals surface area contributed by atoms with Gasteiger partial charge in [0.2, 0.25) is 0 Å². The first-order valence-corrected chi connectivity index (χ1v) is 41.5. The lowest BCUT2D eigenvalue weighted by molar-refractivity contribution is -0.359. The van der Waals surface area contributed by atoms with E-state index in [0.717, 1.165) is 19.3 Å². The van der Waals surface area contributed by atoms with Crippen LogP contribution in [0.15, 0.2) is 6.20 Å². The van der Waals surface area contributed by atoms with Crippen molar-refractivity contribution in [2.24, 2.45) is 0 Å². The fourth-order valence-corrected chi connectivity index (χ4v) is 11.8. The van der Waals surface area contributed by atoms with Crippen LogP contribution in [0.1, 0.15) is 269 Å². The number of carbonyl (C=O) groups excluding carboxylic acids is 10. The average Bonchev–Trinajstić information content (AvgIpc) is 0.831. The van der Waals surface area contributed by atoms with Crippen molar-refractivity contribution in [2.45, 2.75) is 338 Å². The van der Waals surface area contributed by atoms with Crippen molar-refractivity contribution >= 4 is 59.7 Å². The first-order chi connectivity index (χ1) is 55.2. The van der Waals surface area contributed by atoms with Crippen LogP contribution in [-0.2, 0) is 127 Å². The number of carbonyl (C=O) groups is 10. The van der Waals surface area contributed by atoms with Gasteiger partial charge in [-0.05, 0) is 199 Å². The maximum atomic E-state index is 12.3. The van der Waals surface area contributed by atoms with Crippen molar-refractivity contribution in [1.29, 1.82) is 0 Å². The van der Waals surface area contributed by atoms with Gasteiger partial charge in [0, 0.05) is 77.0 Å². The van der Waals surface area contributed by atoms with E-state index in [9.17, 15) is 83.7 Å². The van der Waals surface area contributed by atoms with Gasteiger partial charge in [0.15, 0.2) is 12.6 Å². The average molecular weight is 1640 g/mol. The van der Waals surface area contributed by atoms with Gasteiger partial charge in [-0.3, -0.25) is 47.9 Å². The monoisotopic (exact) mass is 1640 g/mol. The number of aromatic nitrogens is 3. The molecule has 1 aromatic rings. The molecule has 114 heavy (non-hydrogen) atoms. The van der Waals surface area contributed by atoms with Crippen molar-refractivity contribution in [3.63, 3.8) is 0 Å². The maximum Gasteiger partial charge on any atom is 0.305 e. The van der Waals surface area contributed by atoms with Crippen molar-refractivity contribution in [3.05, 3.63) is 11.9 Å². The molecule has 0 amide bonds. The van der Waals surface area contributed by atoms with Crippen molar-refractivity contribution in [3.8, 4) is 0 Å². The van der Waals surface area contributed by atoms with E-state index in [-0.39, 0.29) is 184 Å². The van der Waals surface area contributed by atoms with E-state index in [0.29, 0.717) is 218 Å². The van der Waals surface area contributed by atoms with Gasteiger partial charge in [-0.1, -0.05) is 11.6 Å². The number of esters is 10. The predicted molar refractivity (Wildman–Crippen MR) is 402 cm³/mol. The Morgan fingerprint density at radius 1 is 0.307 bits per heavy atom. The van der Waals surface area contributed by atoms with E-state index in [1.54, 1.807) is 6.20 Å². The number of nitrogens with zero attached hydrogens (tertiary/aromatic N) is 3. The molecule has 0 aromatic carbocycles. The molecule has 0 saturated carbocycles. The minimum Gasteiger partial charge on any atom is -0.466 e. The molecule has 656 valence electrons. The molecular formula is C79H133N3O32. The lowest BCUT2D eigenvalue weighted by Gasteiger charge is -2.45. The zero-order chi connectivity index (χ0) is 83.0. The Hall–Kier alpha value is -6.64. The molecule has 2 saturated heterocycles. The zero-order valence-electron chi connectivity index (χ0n) is 66.9. The highest BCUT2D eigenvalue weighted by Crippen LogP contribution is 2.30. The summed E-state index contributed by atoms with van der Waals surface area (Å²) in [6.07, 6.45) is 9.40. The molecule has 35 nitrogen and oxygen atoms in total. The quantitative estimate of drug-likeness (QED) is 0.0214. The third kappa shape index (κ3) is 50.8. The lowest BCUT2D eigenvalue weighted by Crippen LogP contribution is -2.64. The highest BCUT2D eigenvalue weighted by atomic mass is 16.7. The number of aliphatic hydroxyl groups is 8. The maximum absolute atomic E-state index is 12.3. The minimum absolute atomic E-state index is 0.0585. The molecule has 0 spiro atoms. The number of hydrogen-bond donors (Lipinski definition) is 8. The van der Waals surface area contributed by atoms with E-state index in [2.05, 4.69) is 10.3 Å². The third-order valence-electron chi connectivity index (χ3n) is 18.6. The lowest BCUT2D eigenvalue weighted by atomic mass is 9.97. The normalized spacial score (nSPS) is 19.3. The van der Waals surface area contributed by atoms with Gasteiger partial charge in [-0.2, -0.15) is 0 Å². The molecule has 8 N–H and O–H groups in total. The molecule has 3 rings (SSSR count). The Labute approximate surface area is 669 Å².